The molecule has 0 unspecified atom stereocenters. The molecule has 1 amide bonds. The third-order valence-electron chi connectivity index (χ3n) is 3.60. The fourth-order valence-electron chi connectivity index (χ4n) is 2.27. The molecule has 0 heterocycles. The number of amides is 1. The van der Waals surface area contributed by atoms with Crippen molar-refractivity contribution in [2.75, 3.05) is 7.11 Å². The largest absolute Gasteiger partial charge is 0.508 e. The molecule has 0 fully saturated rings. The number of rotatable bonds is 6. The van der Waals surface area contributed by atoms with Crippen LogP contribution in [0.2, 0.25) is 0 Å². The van der Waals surface area contributed by atoms with Crippen molar-refractivity contribution in [2.24, 2.45) is 0 Å². The van der Waals surface area contributed by atoms with Crippen molar-refractivity contribution >= 4 is 57.1 Å². The zero-order chi connectivity index (χ0) is 21.8. The molecule has 0 aromatic heterocycles. The molecular weight excluding hydrogens is 621 g/mol. The van der Waals surface area contributed by atoms with Crippen LogP contribution in [0.4, 0.5) is 13.2 Å². The van der Waals surface area contributed by atoms with Gasteiger partial charge in [-0.2, -0.15) is 13.2 Å². The van der Waals surface area contributed by atoms with Crippen LogP contribution in [0.15, 0.2) is 36.4 Å². The standard InChI is InChI=1S/C18H14F3I2NO5/c1-28-16(26)14(24-17(27)18(19,20)21)8-9-6-12(22)15(13(23)7-9)29-11-4-2-10(25)3-5-11/h2-7,14,25H,8H2,1H3,(H,24,27)/t14-/m0/s1. The van der Waals surface area contributed by atoms with Gasteiger partial charge in [-0.3, -0.25) is 4.79 Å². The SMILES string of the molecule is COC(=O)[C@H](Cc1cc(I)c(Oc2ccc(O)cc2)c(I)c1)NC(=O)C(F)(F)F. The van der Waals surface area contributed by atoms with Gasteiger partial charge in [-0.1, -0.05) is 0 Å². The third kappa shape index (κ3) is 6.62. The number of benzene rings is 2. The number of phenols is 1. The van der Waals surface area contributed by atoms with Crippen LogP contribution in [0, 0.1) is 7.14 Å². The molecule has 1 atom stereocenters. The van der Waals surface area contributed by atoms with Crippen molar-refractivity contribution in [1.29, 1.82) is 0 Å². The molecule has 0 saturated carbocycles. The first kappa shape index (κ1) is 23.5. The molecule has 0 aliphatic rings. The van der Waals surface area contributed by atoms with Gasteiger partial charge < -0.3 is 19.9 Å². The fourth-order valence-corrected chi connectivity index (χ4v) is 4.39. The van der Waals surface area contributed by atoms with E-state index >= 15 is 0 Å². The monoisotopic (exact) mass is 635 g/mol. The summed E-state index contributed by atoms with van der Waals surface area (Å²) in [5, 5.41) is 11.0. The van der Waals surface area contributed by atoms with E-state index in [-0.39, 0.29) is 12.2 Å². The number of hydrogen-bond acceptors (Lipinski definition) is 5. The lowest BCUT2D eigenvalue weighted by molar-refractivity contribution is -0.175. The van der Waals surface area contributed by atoms with Gasteiger partial charge in [0.25, 0.3) is 0 Å². The molecule has 0 bridgehead atoms. The Labute approximate surface area is 191 Å². The Morgan fingerprint density at radius 3 is 2.17 bits per heavy atom. The Balaban J connectivity index is 2.23. The van der Waals surface area contributed by atoms with E-state index in [1.54, 1.807) is 29.6 Å². The van der Waals surface area contributed by atoms with E-state index in [2.05, 4.69) is 4.74 Å². The van der Waals surface area contributed by atoms with Crippen LogP contribution in [-0.2, 0) is 20.7 Å². The second-order valence-corrected chi connectivity index (χ2v) is 8.06. The number of halogens is 5. The van der Waals surface area contributed by atoms with Gasteiger partial charge in [0.1, 0.15) is 17.5 Å². The highest BCUT2D eigenvalue weighted by atomic mass is 127. The van der Waals surface area contributed by atoms with Gasteiger partial charge in [-0.25, -0.2) is 4.79 Å². The second-order valence-electron chi connectivity index (χ2n) is 5.74. The second kappa shape index (κ2) is 9.82. The lowest BCUT2D eigenvalue weighted by Crippen LogP contribution is -2.48. The number of nitrogens with one attached hydrogen (secondary N) is 1. The van der Waals surface area contributed by atoms with Crippen molar-refractivity contribution in [3.05, 3.63) is 49.1 Å². The van der Waals surface area contributed by atoms with Crippen LogP contribution in [0.1, 0.15) is 5.56 Å². The summed E-state index contributed by atoms with van der Waals surface area (Å²) in [6.45, 7) is 0. The van der Waals surface area contributed by atoms with Crippen LogP contribution in [0.5, 0.6) is 17.2 Å². The molecule has 2 aromatic carbocycles. The smallest absolute Gasteiger partial charge is 0.471 e. The maximum atomic E-state index is 12.5. The summed E-state index contributed by atoms with van der Waals surface area (Å²) in [5.74, 6) is -2.13. The molecule has 0 radical (unpaired) electrons. The van der Waals surface area contributed by atoms with E-state index in [0.717, 1.165) is 7.11 Å². The summed E-state index contributed by atoms with van der Waals surface area (Å²) in [4.78, 5) is 23.0. The first-order valence-corrected chi connectivity index (χ1v) is 10.1. The summed E-state index contributed by atoms with van der Waals surface area (Å²) in [6, 6.07) is 7.86. The van der Waals surface area contributed by atoms with Gasteiger partial charge >= 0.3 is 18.1 Å². The van der Waals surface area contributed by atoms with Gasteiger partial charge in [0.05, 0.1) is 14.3 Å². The van der Waals surface area contributed by atoms with Gasteiger partial charge in [0.2, 0.25) is 0 Å². The Morgan fingerprint density at radius 1 is 1.14 bits per heavy atom. The average molecular weight is 635 g/mol. The highest BCUT2D eigenvalue weighted by Crippen LogP contribution is 2.33. The molecule has 2 N–H and O–H groups in total. The highest BCUT2D eigenvalue weighted by molar-refractivity contribution is 14.1. The summed E-state index contributed by atoms with van der Waals surface area (Å²) < 4.78 is 49.2. The third-order valence-corrected chi connectivity index (χ3v) is 5.21. The highest BCUT2D eigenvalue weighted by Gasteiger charge is 2.41. The number of hydrogen-bond donors (Lipinski definition) is 2. The number of carbonyl (C=O) groups excluding carboxylic acids is 2. The van der Waals surface area contributed by atoms with Crippen LogP contribution < -0.4 is 10.1 Å². The van der Waals surface area contributed by atoms with E-state index in [4.69, 9.17) is 4.74 Å². The van der Waals surface area contributed by atoms with E-state index in [1.165, 1.54) is 12.1 Å². The number of aromatic hydroxyl groups is 1. The van der Waals surface area contributed by atoms with E-state index in [0.29, 0.717) is 24.2 Å². The molecule has 0 aliphatic carbocycles. The summed E-state index contributed by atoms with van der Waals surface area (Å²) in [5.41, 5.74) is 0.509. The predicted octanol–water partition coefficient (Wildman–Crippen LogP) is 4.16. The molecule has 0 saturated heterocycles. The fraction of sp³-hybridized carbons (Fsp3) is 0.222. The zero-order valence-corrected chi connectivity index (χ0v) is 19.0. The van der Waals surface area contributed by atoms with Crippen molar-refractivity contribution in [3.8, 4) is 17.2 Å². The number of alkyl halides is 3. The average Bonchev–Trinajstić information content (AvgIpc) is 2.64. The van der Waals surface area contributed by atoms with Gasteiger partial charge in [-0.05, 0) is 87.1 Å². The lowest BCUT2D eigenvalue weighted by Gasteiger charge is -2.18. The number of methoxy groups -OCH3 is 1. The first-order valence-electron chi connectivity index (χ1n) is 7.91. The Kier molecular flexibility index (Phi) is 7.96. The first-order chi connectivity index (χ1) is 13.5. The van der Waals surface area contributed by atoms with Crippen molar-refractivity contribution in [2.45, 2.75) is 18.6 Å². The lowest BCUT2D eigenvalue weighted by atomic mass is 10.1. The normalized spacial score (nSPS) is 12.2. The van der Waals surface area contributed by atoms with E-state index in [9.17, 15) is 27.9 Å². The molecule has 0 spiro atoms. The van der Waals surface area contributed by atoms with E-state index in [1.807, 2.05) is 45.2 Å². The molecular formula is C18H14F3I2NO5. The van der Waals surface area contributed by atoms with Gasteiger partial charge in [0, 0.05) is 6.42 Å². The van der Waals surface area contributed by atoms with Crippen molar-refractivity contribution < 1.29 is 37.3 Å². The number of esters is 1. The molecule has 2 rings (SSSR count). The van der Waals surface area contributed by atoms with Gasteiger partial charge in [-0.15, -0.1) is 0 Å². The summed E-state index contributed by atoms with van der Waals surface area (Å²) in [6.07, 6.45) is -5.31. The Morgan fingerprint density at radius 2 is 1.69 bits per heavy atom. The maximum absolute atomic E-state index is 12.5. The van der Waals surface area contributed by atoms with E-state index < -0.39 is 24.1 Å². The Bertz CT molecular complexity index is 880. The quantitative estimate of drug-likeness (QED) is 0.369. The minimum absolute atomic E-state index is 0.0897. The predicted molar refractivity (Wildman–Crippen MR) is 114 cm³/mol. The molecule has 2 aromatic rings. The van der Waals surface area contributed by atoms with Crippen LogP contribution in [0.25, 0.3) is 0 Å². The number of ether oxygens (including phenoxy) is 2. The maximum Gasteiger partial charge on any atom is 0.471 e. The van der Waals surface area contributed by atoms with Crippen LogP contribution in [0.3, 0.4) is 0 Å². The number of carbonyl (C=O) groups is 2. The van der Waals surface area contributed by atoms with Gasteiger partial charge in [0.15, 0.2) is 5.75 Å². The molecule has 0 aliphatic heterocycles. The van der Waals surface area contributed by atoms with Crippen molar-refractivity contribution in [1.82, 2.24) is 5.32 Å². The molecule has 156 valence electrons. The minimum Gasteiger partial charge on any atom is -0.508 e. The van der Waals surface area contributed by atoms with Crippen LogP contribution >= 0.6 is 45.2 Å². The van der Waals surface area contributed by atoms with Crippen LogP contribution in [-0.4, -0.2) is 36.3 Å². The number of phenolic OH excluding ortho intramolecular Hbond substituents is 1. The summed E-state index contributed by atoms with van der Waals surface area (Å²) >= 11 is 3.99. The Hall–Kier alpha value is -1.77. The minimum atomic E-state index is -5.11. The zero-order valence-electron chi connectivity index (χ0n) is 14.7. The topological polar surface area (TPSA) is 84.9 Å². The van der Waals surface area contributed by atoms with Crippen molar-refractivity contribution in [3.63, 3.8) is 0 Å². The summed E-state index contributed by atoms with van der Waals surface area (Å²) in [7, 11) is 1.02. The molecule has 11 heteroatoms. The molecule has 29 heavy (non-hydrogen) atoms. The molecule has 6 nitrogen and oxygen atoms in total.